The van der Waals surface area contributed by atoms with Gasteiger partial charge in [-0.2, -0.15) is 0 Å². The molecule has 2 rings (SSSR count). The first-order valence-electron chi connectivity index (χ1n) is 7.60. The Kier molecular flexibility index (Phi) is 6.47. The highest BCUT2D eigenvalue weighted by molar-refractivity contribution is 5.75. The molecule has 0 spiro atoms. The number of carbonyl (C=O) groups is 1. The number of rotatable bonds is 8. The quantitative estimate of drug-likeness (QED) is 0.722. The molecule has 0 saturated carbocycles. The molecule has 2 N–H and O–H groups in total. The van der Waals surface area contributed by atoms with Gasteiger partial charge in [0.15, 0.2) is 0 Å². The maximum atomic E-state index is 12.7. The molecule has 1 aliphatic heterocycles. The number of benzene rings is 1. The molecule has 4 nitrogen and oxygen atoms in total. The average molecular weight is 294 g/mol. The molecule has 1 aliphatic rings. The van der Waals surface area contributed by atoms with Gasteiger partial charge in [0.25, 0.3) is 0 Å². The third-order valence-electron chi connectivity index (χ3n) is 3.67. The zero-order valence-corrected chi connectivity index (χ0v) is 12.2. The van der Waals surface area contributed by atoms with Crippen molar-refractivity contribution in [2.45, 2.75) is 25.7 Å². The number of ether oxygens (including phenoxy) is 1. The van der Waals surface area contributed by atoms with Crippen LogP contribution in [0.15, 0.2) is 24.3 Å². The topological polar surface area (TPSA) is 50.4 Å². The van der Waals surface area contributed by atoms with Crippen molar-refractivity contribution in [3.8, 4) is 5.75 Å². The molecule has 1 heterocycles. The Hall–Kier alpha value is -1.62. The van der Waals surface area contributed by atoms with Crippen LogP contribution in [-0.2, 0) is 4.79 Å². The van der Waals surface area contributed by atoms with Crippen LogP contribution in [0.3, 0.4) is 0 Å². The molecule has 1 atom stereocenters. The number of hydrogen-bond donors (Lipinski definition) is 2. The molecule has 0 bridgehead atoms. The molecule has 21 heavy (non-hydrogen) atoms. The Morgan fingerprint density at radius 3 is 2.90 bits per heavy atom. The molecule has 0 aromatic heterocycles. The Morgan fingerprint density at radius 1 is 1.38 bits per heavy atom. The summed E-state index contributed by atoms with van der Waals surface area (Å²) in [6.45, 7) is 3.24. The summed E-state index contributed by atoms with van der Waals surface area (Å²) in [5, 5.41) is 6.21. The predicted octanol–water partition coefficient (Wildman–Crippen LogP) is 2.10. The van der Waals surface area contributed by atoms with Crippen LogP contribution in [0.5, 0.6) is 5.75 Å². The van der Waals surface area contributed by atoms with Crippen LogP contribution < -0.4 is 15.4 Å². The molecule has 1 unspecified atom stereocenters. The summed E-state index contributed by atoms with van der Waals surface area (Å²) in [5.41, 5.74) is 0. The third kappa shape index (κ3) is 6.12. The van der Waals surface area contributed by atoms with Gasteiger partial charge in [-0.15, -0.1) is 0 Å². The fourth-order valence-electron chi connectivity index (χ4n) is 2.41. The second-order valence-corrected chi connectivity index (χ2v) is 5.40. The zero-order valence-electron chi connectivity index (χ0n) is 12.2. The Bertz CT molecular complexity index is 430. The van der Waals surface area contributed by atoms with Crippen molar-refractivity contribution in [3.63, 3.8) is 0 Å². The van der Waals surface area contributed by atoms with E-state index < -0.39 is 0 Å². The highest BCUT2D eigenvalue weighted by Gasteiger charge is 2.15. The number of nitrogens with one attached hydrogen (secondary N) is 2. The van der Waals surface area contributed by atoms with E-state index in [1.54, 1.807) is 12.1 Å². The van der Waals surface area contributed by atoms with Gasteiger partial charge < -0.3 is 15.4 Å². The minimum absolute atomic E-state index is 0.115. The number of halogens is 1. The maximum absolute atomic E-state index is 12.7. The highest BCUT2D eigenvalue weighted by atomic mass is 19.1. The summed E-state index contributed by atoms with van der Waals surface area (Å²) >= 11 is 0. The van der Waals surface area contributed by atoms with Crippen LogP contribution in [0.2, 0.25) is 0 Å². The standard InChI is InChI=1S/C16H23FN2O2/c17-14-3-5-15(6-4-14)21-11-1-9-19-16(20)7-2-13-8-10-18-12-13/h3-6,13,18H,1-2,7-12H2,(H,19,20). The summed E-state index contributed by atoms with van der Waals surface area (Å²) in [7, 11) is 0. The summed E-state index contributed by atoms with van der Waals surface area (Å²) < 4.78 is 18.2. The second-order valence-electron chi connectivity index (χ2n) is 5.40. The first-order chi connectivity index (χ1) is 10.2. The number of amides is 1. The Labute approximate surface area is 125 Å². The molecule has 1 aromatic carbocycles. The lowest BCUT2D eigenvalue weighted by Gasteiger charge is -2.09. The van der Waals surface area contributed by atoms with Gasteiger partial charge in [-0.3, -0.25) is 4.79 Å². The minimum atomic E-state index is -0.271. The monoisotopic (exact) mass is 294 g/mol. The van der Waals surface area contributed by atoms with Gasteiger partial charge in [0.2, 0.25) is 5.91 Å². The zero-order chi connectivity index (χ0) is 14.9. The Balaban J connectivity index is 1.48. The van der Waals surface area contributed by atoms with E-state index in [1.807, 2.05) is 0 Å². The summed E-state index contributed by atoms with van der Waals surface area (Å²) in [6, 6.07) is 5.94. The molecule has 0 aliphatic carbocycles. The molecule has 0 radical (unpaired) electrons. The minimum Gasteiger partial charge on any atom is -0.494 e. The molecule has 1 amide bonds. The lowest BCUT2D eigenvalue weighted by molar-refractivity contribution is -0.121. The van der Waals surface area contributed by atoms with Gasteiger partial charge in [-0.1, -0.05) is 0 Å². The van der Waals surface area contributed by atoms with Crippen LogP contribution in [0.25, 0.3) is 0 Å². The average Bonchev–Trinajstić information content (AvgIpc) is 3.00. The first kappa shape index (κ1) is 15.8. The van der Waals surface area contributed by atoms with E-state index in [4.69, 9.17) is 4.74 Å². The van der Waals surface area contributed by atoms with Gasteiger partial charge in [-0.05, 0) is 62.5 Å². The van der Waals surface area contributed by atoms with Crippen LogP contribution >= 0.6 is 0 Å². The number of hydrogen-bond acceptors (Lipinski definition) is 3. The molecule has 1 aromatic rings. The summed E-state index contributed by atoms with van der Waals surface area (Å²) in [5.74, 6) is 1.14. The largest absolute Gasteiger partial charge is 0.494 e. The summed E-state index contributed by atoms with van der Waals surface area (Å²) in [6.07, 6.45) is 3.49. The SMILES string of the molecule is O=C(CCC1CCNC1)NCCCOc1ccc(F)cc1. The van der Waals surface area contributed by atoms with Gasteiger partial charge in [0, 0.05) is 13.0 Å². The van der Waals surface area contributed by atoms with Gasteiger partial charge in [0.05, 0.1) is 6.61 Å². The molecule has 5 heteroatoms. The molecule has 1 fully saturated rings. The van der Waals surface area contributed by atoms with Gasteiger partial charge in [0.1, 0.15) is 11.6 Å². The highest BCUT2D eigenvalue weighted by Crippen LogP contribution is 2.14. The van der Waals surface area contributed by atoms with Crippen LogP contribution in [0.4, 0.5) is 4.39 Å². The predicted molar refractivity (Wildman–Crippen MR) is 79.7 cm³/mol. The fourth-order valence-corrected chi connectivity index (χ4v) is 2.41. The van der Waals surface area contributed by atoms with Crippen molar-refractivity contribution in [1.29, 1.82) is 0 Å². The van der Waals surface area contributed by atoms with Crippen molar-refractivity contribution in [2.75, 3.05) is 26.2 Å². The van der Waals surface area contributed by atoms with Crippen LogP contribution in [0.1, 0.15) is 25.7 Å². The van der Waals surface area contributed by atoms with E-state index >= 15 is 0 Å². The van der Waals surface area contributed by atoms with Crippen LogP contribution in [-0.4, -0.2) is 32.1 Å². The van der Waals surface area contributed by atoms with E-state index in [1.165, 1.54) is 18.6 Å². The molecular weight excluding hydrogens is 271 g/mol. The number of carbonyl (C=O) groups excluding carboxylic acids is 1. The maximum Gasteiger partial charge on any atom is 0.220 e. The van der Waals surface area contributed by atoms with Crippen molar-refractivity contribution in [3.05, 3.63) is 30.1 Å². The Morgan fingerprint density at radius 2 is 2.19 bits per heavy atom. The smallest absolute Gasteiger partial charge is 0.220 e. The first-order valence-corrected chi connectivity index (χ1v) is 7.60. The molecule has 1 saturated heterocycles. The van der Waals surface area contributed by atoms with Crippen LogP contribution in [0, 0.1) is 11.7 Å². The second kappa shape index (κ2) is 8.62. The van der Waals surface area contributed by atoms with Crippen molar-refractivity contribution < 1.29 is 13.9 Å². The van der Waals surface area contributed by atoms with E-state index in [-0.39, 0.29) is 11.7 Å². The van der Waals surface area contributed by atoms with Crippen molar-refractivity contribution in [1.82, 2.24) is 10.6 Å². The van der Waals surface area contributed by atoms with Gasteiger partial charge in [-0.25, -0.2) is 4.39 Å². The summed E-state index contributed by atoms with van der Waals surface area (Å²) in [4.78, 5) is 11.7. The molecule has 116 valence electrons. The normalized spacial score (nSPS) is 17.7. The third-order valence-corrected chi connectivity index (χ3v) is 3.67. The lowest BCUT2D eigenvalue weighted by Crippen LogP contribution is -2.26. The van der Waals surface area contributed by atoms with E-state index in [0.29, 0.717) is 31.2 Å². The van der Waals surface area contributed by atoms with E-state index in [2.05, 4.69) is 10.6 Å². The van der Waals surface area contributed by atoms with Crippen molar-refractivity contribution in [2.24, 2.45) is 5.92 Å². The lowest BCUT2D eigenvalue weighted by atomic mass is 10.0. The van der Waals surface area contributed by atoms with E-state index in [9.17, 15) is 9.18 Å². The van der Waals surface area contributed by atoms with Crippen molar-refractivity contribution >= 4 is 5.91 Å². The van der Waals surface area contributed by atoms with Gasteiger partial charge >= 0.3 is 0 Å². The van der Waals surface area contributed by atoms with E-state index in [0.717, 1.165) is 25.9 Å². The molecular formula is C16H23FN2O2. The fraction of sp³-hybridized carbons (Fsp3) is 0.562.